The molecular weight excluding hydrogens is 194 g/mol. The fourth-order valence-electron chi connectivity index (χ4n) is 3.32. The van der Waals surface area contributed by atoms with Gasteiger partial charge in [-0.3, -0.25) is 0 Å². The second-order valence-corrected chi connectivity index (χ2v) is 5.67. The predicted molar refractivity (Wildman–Crippen MR) is 72.7 cm³/mol. The Bertz CT molecular complexity index is 174. The van der Waals surface area contributed by atoms with Gasteiger partial charge in [0, 0.05) is 12.1 Å². The zero-order chi connectivity index (χ0) is 12.0. The van der Waals surface area contributed by atoms with E-state index in [0.717, 1.165) is 17.9 Å². The first-order chi connectivity index (χ1) is 7.71. The summed E-state index contributed by atoms with van der Waals surface area (Å²) in [6.45, 7) is 9.37. The highest BCUT2D eigenvalue weighted by molar-refractivity contribution is 4.81. The Morgan fingerprint density at radius 3 is 2.38 bits per heavy atom. The molecule has 0 aromatic rings. The lowest BCUT2D eigenvalue weighted by molar-refractivity contribution is 0.236. The van der Waals surface area contributed by atoms with Crippen molar-refractivity contribution in [2.24, 2.45) is 11.8 Å². The first-order valence-corrected chi connectivity index (χ1v) is 7.47. The number of hydrogen-bond acceptors (Lipinski definition) is 1. The summed E-state index contributed by atoms with van der Waals surface area (Å²) < 4.78 is 0. The molecule has 1 rings (SSSR count). The minimum absolute atomic E-state index is 0.704. The first-order valence-electron chi connectivity index (χ1n) is 7.47. The Hall–Kier alpha value is -0.0400. The van der Waals surface area contributed by atoms with Crippen molar-refractivity contribution in [2.45, 2.75) is 84.7 Å². The van der Waals surface area contributed by atoms with Crippen LogP contribution in [-0.4, -0.2) is 12.1 Å². The van der Waals surface area contributed by atoms with Gasteiger partial charge in [-0.25, -0.2) is 0 Å². The van der Waals surface area contributed by atoms with Crippen molar-refractivity contribution >= 4 is 0 Å². The molecule has 0 spiro atoms. The highest BCUT2D eigenvalue weighted by atomic mass is 15.0. The number of hydrogen-bond donors (Lipinski definition) is 1. The Morgan fingerprint density at radius 2 is 1.81 bits per heavy atom. The van der Waals surface area contributed by atoms with E-state index in [1.807, 2.05) is 0 Å². The van der Waals surface area contributed by atoms with Crippen LogP contribution in [0.4, 0.5) is 0 Å². The molecule has 1 fully saturated rings. The van der Waals surface area contributed by atoms with Gasteiger partial charge in [0.1, 0.15) is 0 Å². The Morgan fingerprint density at radius 1 is 1.12 bits per heavy atom. The molecule has 3 unspecified atom stereocenters. The second-order valence-electron chi connectivity index (χ2n) is 5.67. The highest BCUT2D eigenvalue weighted by Crippen LogP contribution is 2.27. The number of nitrogens with one attached hydrogen (secondary N) is 1. The van der Waals surface area contributed by atoms with E-state index in [1.165, 1.54) is 44.9 Å². The zero-order valence-electron chi connectivity index (χ0n) is 11.8. The summed E-state index contributed by atoms with van der Waals surface area (Å²) in [5.74, 6) is 1.85. The molecule has 0 bridgehead atoms. The standard InChI is InChI=1S/C15H31N/c1-5-13-9-8-10-15(11-13)16-12(4)14(6-2)7-3/h12-16H,5-11H2,1-4H3. The molecule has 3 atom stereocenters. The molecule has 0 heterocycles. The summed E-state index contributed by atoms with van der Waals surface area (Å²) in [5, 5.41) is 3.89. The Labute approximate surface area is 102 Å². The molecule has 1 aliphatic rings. The van der Waals surface area contributed by atoms with Crippen molar-refractivity contribution in [1.29, 1.82) is 0 Å². The average molecular weight is 225 g/mol. The second kappa shape index (κ2) is 7.32. The summed E-state index contributed by atoms with van der Waals surface area (Å²) in [4.78, 5) is 0. The van der Waals surface area contributed by atoms with Gasteiger partial charge in [0.15, 0.2) is 0 Å². The molecule has 0 aromatic heterocycles. The van der Waals surface area contributed by atoms with E-state index in [2.05, 4.69) is 33.0 Å². The minimum atomic E-state index is 0.704. The van der Waals surface area contributed by atoms with E-state index < -0.39 is 0 Å². The van der Waals surface area contributed by atoms with Crippen LogP contribution in [0, 0.1) is 11.8 Å². The van der Waals surface area contributed by atoms with Gasteiger partial charge in [0.25, 0.3) is 0 Å². The molecule has 16 heavy (non-hydrogen) atoms. The SMILES string of the molecule is CCC1CCCC(NC(C)C(CC)CC)C1. The normalized spacial score (nSPS) is 28.3. The van der Waals surface area contributed by atoms with Crippen LogP contribution in [0.3, 0.4) is 0 Å². The summed E-state index contributed by atoms with van der Waals surface area (Å²) in [6, 6.07) is 1.50. The van der Waals surface area contributed by atoms with Gasteiger partial charge < -0.3 is 5.32 Å². The van der Waals surface area contributed by atoms with Gasteiger partial charge in [-0.05, 0) is 31.6 Å². The van der Waals surface area contributed by atoms with Crippen molar-refractivity contribution < 1.29 is 0 Å². The lowest BCUT2D eigenvalue weighted by Crippen LogP contribution is -2.43. The van der Waals surface area contributed by atoms with E-state index in [-0.39, 0.29) is 0 Å². The third-order valence-corrected chi connectivity index (χ3v) is 4.61. The molecule has 0 aliphatic heterocycles. The largest absolute Gasteiger partial charge is 0.311 e. The summed E-state index contributed by atoms with van der Waals surface area (Å²) in [7, 11) is 0. The van der Waals surface area contributed by atoms with Crippen molar-refractivity contribution in [3.8, 4) is 0 Å². The minimum Gasteiger partial charge on any atom is -0.311 e. The fraction of sp³-hybridized carbons (Fsp3) is 1.00. The fourth-order valence-corrected chi connectivity index (χ4v) is 3.32. The third kappa shape index (κ3) is 4.08. The predicted octanol–water partition coefficient (Wildman–Crippen LogP) is 4.37. The maximum absolute atomic E-state index is 3.89. The maximum atomic E-state index is 3.89. The third-order valence-electron chi connectivity index (χ3n) is 4.61. The van der Waals surface area contributed by atoms with Gasteiger partial charge in [0.05, 0.1) is 0 Å². The van der Waals surface area contributed by atoms with Crippen molar-refractivity contribution in [2.75, 3.05) is 0 Å². The van der Waals surface area contributed by atoms with Crippen LogP contribution in [0.5, 0.6) is 0 Å². The molecular formula is C15H31N. The summed E-state index contributed by atoms with van der Waals surface area (Å²) in [5.41, 5.74) is 0. The Kier molecular flexibility index (Phi) is 6.41. The van der Waals surface area contributed by atoms with Crippen molar-refractivity contribution in [3.63, 3.8) is 0 Å². The van der Waals surface area contributed by atoms with E-state index in [9.17, 15) is 0 Å². The van der Waals surface area contributed by atoms with Crippen LogP contribution in [0.15, 0.2) is 0 Å². The lowest BCUT2D eigenvalue weighted by atomic mass is 9.83. The quantitative estimate of drug-likeness (QED) is 0.708. The van der Waals surface area contributed by atoms with E-state index in [4.69, 9.17) is 0 Å². The van der Waals surface area contributed by atoms with Crippen LogP contribution < -0.4 is 5.32 Å². The van der Waals surface area contributed by atoms with Crippen molar-refractivity contribution in [3.05, 3.63) is 0 Å². The van der Waals surface area contributed by atoms with Gasteiger partial charge in [-0.2, -0.15) is 0 Å². The monoisotopic (exact) mass is 225 g/mol. The molecule has 1 heteroatoms. The zero-order valence-corrected chi connectivity index (χ0v) is 11.8. The molecule has 96 valence electrons. The van der Waals surface area contributed by atoms with Gasteiger partial charge in [-0.15, -0.1) is 0 Å². The molecule has 1 nitrogen and oxygen atoms in total. The molecule has 0 amide bonds. The topological polar surface area (TPSA) is 12.0 Å². The van der Waals surface area contributed by atoms with Crippen molar-refractivity contribution in [1.82, 2.24) is 5.32 Å². The van der Waals surface area contributed by atoms with Crippen LogP contribution in [-0.2, 0) is 0 Å². The first kappa shape index (κ1) is 14.0. The van der Waals surface area contributed by atoms with E-state index in [1.54, 1.807) is 0 Å². The smallest absolute Gasteiger partial charge is 0.00722 e. The lowest BCUT2D eigenvalue weighted by Gasteiger charge is -2.33. The molecule has 1 N–H and O–H groups in total. The molecule has 1 saturated carbocycles. The number of rotatable bonds is 6. The average Bonchev–Trinajstić information content (AvgIpc) is 2.31. The van der Waals surface area contributed by atoms with Crippen LogP contribution >= 0.6 is 0 Å². The molecule has 1 aliphatic carbocycles. The van der Waals surface area contributed by atoms with E-state index >= 15 is 0 Å². The molecule has 0 saturated heterocycles. The van der Waals surface area contributed by atoms with E-state index in [0.29, 0.717) is 6.04 Å². The molecule has 0 radical (unpaired) electrons. The van der Waals surface area contributed by atoms with Crippen LogP contribution in [0.25, 0.3) is 0 Å². The van der Waals surface area contributed by atoms with Gasteiger partial charge in [-0.1, -0.05) is 52.9 Å². The summed E-state index contributed by atoms with van der Waals surface area (Å²) >= 11 is 0. The van der Waals surface area contributed by atoms with Crippen LogP contribution in [0.1, 0.15) is 72.6 Å². The maximum Gasteiger partial charge on any atom is 0.00722 e. The summed E-state index contributed by atoms with van der Waals surface area (Å²) in [6.07, 6.45) is 9.72. The van der Waals surface area contributed by atoms with Crippen LogP contribution in [0.2, 0.25) is 0 Å². The molecule has 0 aromatic carbocycles. The highest BCUT2D eigenvalue weighted by Gasteiger charge is 2.23. The van der Waals surface area contributed by atoms with Gasteiger partial charge >= 0.3 is 0 Å². The van der Waals surface area contributed by atoms with Gasteiger partial charge in [0.2, 0.25) is 0 Å². The Balaban J connectivity index is 2.34.